The summed E-state index contributed by atoms with van der Waals surface area (Å²) in [6.45, 7) is 1.83. The summed E-state index contributed by atoms with van der Waals surface area (Å²) in [4.78, 5) is 14.4. The first-order valence-electron chi connectivity index (χ1n) is 10.5. The number of amides is 1. The SMILES string of the molecule is O=C(NS(=O)(=O)C1CC1)c1cc(Cl)c(O[C@@H]2CCCN(Cc3ccc(F)cc3Cl)C2)cc1F. The van der Waals surface area contributed by atoms with Crippen molar-refractivity contribution < 1.29 is 26.7 Å². The number of ether oxygens (including phenoxy) is 1. The highest BCUT2D eigenvalue weighted by Gasteiger charge is 2.37. The second-order valence-corrected chi connectivity index (χ2v) is 11.1. The van der Waals surface area contributed by atoms with E-state index in [1.54, 1.807) is 6.07 Å². The molecule has 1 saturated heterocycles. The molecule has 2 aliphatic rings. The number of carbonyl (C=O) groups excluding carboxylic acids is 1. The summed E-state index contributed by atoms with van der Waals surface area (Å²) in [5.41, 5.74) is 0.326. The van der Waals surface area contributed by atoms with Crippen LogP contribution in [0.3, 0.4) is 0 Å². The molecule has 0 bridgehead atoms. The van der Waals surface area contributed by atoms with Crippen LogP contribution in [0.5, 0.6) is 5.75 Å². The number of piperidine rings is 1. The Kier molecular flexibility index (Phi) is 7.14. The van der Waals surface area contributed by atoms with E-state index in [1.165, 1.54) is 12.1 Å². The first kappa shape index (κ1) is 24.2. The molecule has 0 spiro atoms. The molecule has 33 heavy (non-hydrogen) atoms. The van der Waals surface area contributed by atoms with Gasteiger partial charge in [0.25, 0.3) is 5.91 Å². The van der Waals surface area contributed by atoms with Gasteiger partial charge in [-0.05, 0) is 56.0 Å². The number of nitrogens with one attached hydrogen (secondary N) is 1. The predicted molar refractivity (Wildman–Crippen MR) is 121 cm³/mol. The van der Waals surface area contributed by atoms with E-state index in [4.69, 9.17) is 27.9 Å². The van der Waals surface area contributed by atoms with Crippen molar-refractivity contribution in [3.05, 3.63) is 63.1 Å². The van der Waals surface area contributed by atoms with Gasteiger partial charge in [-0.2, -0.15) is 0 Å². The molecule has 0 unspecified atom stereocenters. The van der Waals surface area contributed by atoms with Gasteiger partial charge in [0.05, 0.1) is 15.8 Å². The van der Waals surface area contributed by atoms with Crippen molar-refractivity contribution >= 4 is 39.1 Å². The van der Waals surface area contributed by atoms with Crippen molar-refractivity contribution in [2.24, 2.45) is 0 Å². The number of nitrogens with zero attached hydrogens (tertiary/aromatic N) is 1. The Hall–Kier alpha value is -1.94. The average molecular weight is 519 g/mol. The average Bonchev–Trinajstić information content (AvgIpc) is 3.59. The maximum Gasteiger partial charge on any atom is 0.267 e. The lowest BCUT2D eigenvalue weighted by Crippen LogP contribution is -2.40. The van der Waals surface area contributed by atoms with Crippen molar-refractivity contribution in [3.63, 3.8) is 0 Å². The van der Waals surface area contributed by atoms with Crippen LogP contribution in [0.25, 0.3) is 0 Å². The van der Waals surface area contributed by atoms with Crippen molar-refractivity contribution in [1.29, 1.82) is 0 Å². The summed E-state index contributed by atoms with van der Waals surface area (Å²) in [5.74, 6) is -2.32. The molecule has 11 heteroatoms. The second kappa shape index (κ2) is 9.74. The minimum Gasteiger partial charge on any atom is -0.487 e. The predicted octanol–water partition coefficient (Wildman–Crippen LogP) is 4.54. The van der Waals surface area contributed by atoms with Gasteiger partial charge >= 0.3 is 0 Å². The van der Waals surface area contributed by atoms with Gasteiger partial charge in [-0.15, -0.1) is 0 Å². The maximum atomic E-state index is 14.6. The minimum absolute atomic E-state index is 0.00377. The number of hydrogen-bond donors (Lipinski definition) is 1. The molecule has 1 saturated carbocycles. The molecule has 1 aliphatic heterocycles. The zero-order chi connectivity index (χ0) is 23.8. The highest BCUT2D eigenvalue weighted by atomic mass is 35.5. The van der Waals surface area contributed by atoms with E-state index >= 15 is 0 Å². The smallest absolute Gasteiger partial charge is 0.267 e. The highest BCUT2D eigenvalue weighted by Crippen LogP contribution is 2.32. The quantitative estimate of drug-likeness (QED) is 0.582. The highest BCUT2D eigenvalue weighted by molar-refractivity contribution is 7.91. The van der Waals surface area contributed by atoms with Crippen LogP contribution in [0.1, 0.15) is 41.6 Å². The molecule has 2 aromatic carbocycles. The summed E-state index contributed by atoms with van der Waals surface area (Å²) in [5, 5.41) is -0.258. The van der Waals surface area contributed by atoms with E-state index in [-0.39, 0.29) is 16.9 Å². The lowest BCUT2D eigenvalue weighted by atomic mass is 10.1. The van der Waals surface area contributed by atoms with Crippen molar-refractivity contribution in [3.8, 4) is 5.75 Å². The molecule has 1 atom stereocenters. The Morgan fingerprint density at radius 2 is 1.88 bits per heavy atom. The van der Waals surface area contributed by atoms with Crippen LogP contribution in [-0.2, 0) is 16.6 Å². The van der Waals surface area contributed by atoms with Gasteiger partial charge in [-0.3, -0.25) is 9.69 Å². The molecule has 1 heterocycles. The Morgan fingerprint density at radius 3 is 2.58 bits per heavy atom. The Bertz CT molecular complexity index is 1180. The van der Waals surface area contributed by atoms with Gasteiger partial charge in [0.2, 0.25) is 10.0 Å². The lowest BCUT2D eigenvalue weighted by molar-refractivity contribution is 0.0841. The zero-order valence-electron chi connectivity index (χ0n) is 17.5. The van der Waals surface area contributed by atoms with E-state index in [0.29, 0.717) is 37.4 Å². The molecule has 4 rings (SSSR count). The van der Waals surface area contributed by atoms with Gasteiger partial charge in [0, 0.05) is 24.2 Å². The van der Waals surface area contributed by atoms with E-state index in [9.17, 15) is 22.0 Å². The summed E-state index contributed by atoms with van der Waals surface area (Å²) < 4.78 is 59.6. The van der Waals surface area contributed by atoms with Crippen LogP contribution >= 0.6 is 23.2 Å². The Morgan fingerprint density at radius 1 is 1.12 bits per heavy atom. The van der Waals surface area contributed by atoms with E-state index in [2.05, 4.69) is 4.90 Å². The van der Waals surface area contributed by atoms with Gasteiger partial charge in [0.15, 0.2) is 0 Å². The lowest BCUT2D eigenvalue weighted by Gasteiger charge is -2.33. The number of sulfonamides is 1. The monoisotopic (exact) mass is 518 g/mol. The zero-order valence-corrected chi connectivity index (χ0v) is 19.8. The number of rotatable bonds is 7. The van der Waals surface area contributed by atoms with E-state index < -0.39 is 38.4 Å². The fourth-order valence-electron chi connectivity index (χ4n) is 3.76. The van der Waals surface area contributed by atoms with Crippen LogP contribution in [-0.4, -0.2) is 43.7 Å². The third-order valence-corrected chi connectivity index (χ3v) is 8.10. The van der Waals surface area contributed by atoms with Gasteiger partial charge in [-0.25, -0.2) is 21.9 Å². The van der Waals surface area contributed by atoms with Crippen LogP contribution in [0.4, 0.5) is 8.78 Å². The standard InChI is InChI=1S/C22H22Cl2F2N2O4S/c23-18-8-14(25)4-3-13(18)11-28-7-1-2-15(12-28)32-21-10-20(26)17(9-19(21)24)22(29)27-33(30,31)16-5-6-16/h3-4,8-10,15-16H,1-2,5-7,11-12H2,(H,27,29)/t15-/m1/s1. The van der Waals surface area contributed by atoms with Crippen LogP contribution < -0.4 is 9.46 Å². The molecule has 1 amide bonds. The number of likely N-dealkylation sites (tertiary alicyclic amines) is 1. The Labute approximate surface area is 200 Å². The van der Waals surface area contributed by atoms with Crippen LogP contribution in [0.2, 0.25) is 10.0 Å². The summed E-state index contributed by atoms with van der Waals surface area (Å²) in [6.07, 6.45) is 2.20. The molecule has 178 valence electrons. The third kappa shape index (κ3) is 5.95. The van der Waals surface area contributed by atoms with Crippen LogP contribution in [0, 0.1) is 11.6 Å². The van der Waals surface area contributed by atoms with Crippen LogP contribution in [0.15, 0.2) is 30.3 Å². The van der Waals surface area contributed by atoms with Crippen molar-refractivity contribution in [2.45, 2.75) is 43.6 Å². The number of benzene rings is 2. The minimum atomic E-state index is -3.81. The molecular formula is C22H22Cl2F2N2O4S. The van der Waals surface area contributed by atoms with Gasteiger partial charge < -0.3 is 4.74 Å². The molecule has 0 aromatic heterocycles. The van der Waals surface area contributed by atoms with Gasteiger partial charge in [0.1, 0.15) is 23.5 Å². The summed E-state index contributed by atoms with van der Waals surface area (Å²) >= 11 is 12.4. The van der Waals surface area contributed by atoms with Crippen molar-refractivity contribution in [2.75, 3.05) is 13.1 Å². The summed E-state index contributed by atoms with van der Waals surface area (Å²) in [6, 6.07) is 6.33. The number of halogens is 4. The number of hydrogen-bond acceptors (Lipinski definition) is 5. The van der Waals surface area contributed by atoms with E-state index in [0.717, 1.165) is 30.7 Å². The molecule has 2 fully saturated rings. The fraction of sp³-hybridized carbons (Fsp3) is 0.409. The molecule has 1 aliphatic carbocycles. The molecular weight excluding hydrogens is 497 g/mol. The maximum absolute atomic E-state index is 14.6. The largest absolute Gasteiger partial charge is 0.487 e. The number of carbonyl (C=O) groups is 1. The first-order chi connectivity index (χ1) is 15.6. The first-order valence-corrected chi connectivity index (χ1v) is 12.8. The van der Waals surface area contributed by atoms with E-state index in [1.807, 2.05) is 4.72 Å². The topological polar surface area (TPSA) is 75.7 Å². The molecule has 1 N–H and O–H groups in total. The van der Waals surface area contributed by atoms with Gasteiger partial charge in [-0.1, -0.05) is 29.3 Å². The fourth-order valence-corrected chi connectivity index (χ4v) is 5.49. The Balaban J connectivity index is 1.41. The second-order valence-electron chi connectivity index (χ2n) is 8.29. The molecule has 0 radical (unpaired) electrons. The normalized spacial score (nSPS) is 19.3. The van der Waals surface area contributed by atoms with Crippen molar-refractivity contribution in [1.82, 2.24) is 9.62 Å². The molecule has 2 aromatic rings. The summed E-state index contributed by atoms with van der Waals surface area (Å²) in [7, 11) is -3.81. The molecule has 6 nitrogen and oxygen atoms in total. The third-order valence-electron chi connectivity index (χ3n) is 5.63.